The fourth-order valence-electron chi connectivity index (χ4n) is 2.93. The molecule has 5 nitrogen and oxygen atoms in total. The molecular weight excluding hydrogens is 369 g/mol. The first-order valence-electron chi connectivity index (χ1n) is 9.46. The van der Waals surface area contributed by atoms with Crippen LogP contribution in [0, 0.1) is 5.82 Å². The molecule has 0 radical (unpaired) electrons. The number of aromatic nitrogens is 1. The molecule has 148 valence electrons. The number of nitrogens with one attached hydrogen (secondary N) is 2. The minimum Gasteiger partial charge on any atom is -0.350 e. The predicted octanol–water partition coefficient (Wildman–Crippen LogP) is 4.01. The molecule has 2 amide bonds. The van der Waals surface area contributed by atoms with Crippen molar-refractivity contribution in [1.82, 2.24) is 10.3 Å². The van der Waals surface area contributed by atoms with Crippen molar-refractivity contribution < 1.29 is 14.0 Å². The molecule has 0 aliphatic carbocycles. The molecule has 2 N–H and O–H groups in total. The fraction of sp³-hybridized carbons (Fsp3) is 0.174. The number of halogens is 1. The second-order valence-electron chi connectivity index (χ2n) is 6.47. The number of amides is 2. The van der Waals surface area contributed by atoms with E-state index in [1.54, 1.807) is 30.3 Å². The van der Waals surface area contributed by atoms with Gasteiger partial charge in [0.15, 0.2) is 0 Å². The zero-order valence-corrected chi connectivity index (χ0v) is 16.1. The summed E-state index contributed by atoms with van der Waals surface area (Å²) in [5, 5.41) is 5.55. The Morgan fingerprint density at radius 3 is 2.24 bits per heavy atom. The zero-order chi connectivity index (χ0) is 20.6. The molecule has 6 heteroatoms. The van der Waals surface area contributed by atoms with Gasteiger partial charge in [-0.1, -0.05) is 49.4 Å². The highest BCUT2D eigenvalue weighted by Crippen LogP contribution is 2.16. The molecule has 0 saturated heterocycles. The van der Waals surface area contributed by atoms with Gasteiger partial charge < -0.3 is 10.6 Å². The van der Waals surface area contributed by atoms with Gasteiger partial charge in [0.25, 0.3) is 11.8 Å². The molecule has 3 rings (SSSR count). The standard InChI is InChI=1S/C23H22FN3O2/c1-2-16-8-4-6-11-19(16)27-23(29)21-13-7-12-20(26-21)22(28)25-15-14-17-9-3-5-10-18(17)24/h3-13H,2,14-15H2,1H3,(H,25,28)(H,27,29). The Morgan fingerprint density at radius 1 is 0.862 bits per heavy atom. The summed E-state index contributed by atoms with van der Waals surface area (Å²) < 4.78 is 13.6. The van der Waals surface area contributed by atoms with Crippen molar-refractivity contribution in [2.45, 2.75) is 19.8 Å². The van der Waals surface area contributed by atoms with Crippen LogP contribution in [0.3, 0.4) is 0 Å². The first kappa shape index (κ1) is 20.2. The molecule has 0 aliphatic heterocycles. The lowest BCUT2D eigenvalue weighted by atomic mass is 10.1. The summed E-state index contributed by atoms with van der Waals surface area (Å²) in [5.74, 6) is -1.09. The van der Waals surface area contributed by atoms with Gasteiger partial charge in [-0.2, -0.15) is 0 Å². The van der Waals surface area contributed by atoms with Crippen LogP contribution in [0.4, 0.5) is 10.1 Å². The molecule has 3 aromatic rings. The summed E-state index contributed by atoms with van der Waals surface area (Å²) in [4.78, 5) is 29.1. The lowest BCUT2D eigenvalue weighted by Crippen LogP contribution is -2.27. The normalized spacial score (nSPS) is 10.4. The number of para-hydroxylation sites is 1. The Hall–Kier alpha value is -3.54. The first-order chi connectivity index (χ1) is 14.1. The van der Waals surface area contributed by atoms with E-state index in [2.05, 4.69) is 15.6 Å². The van der Waals surface area contributed by atoms with Gasteiger partial charge in [-0.25, -0.2) is 9.37 Å². The van der Waals surface area contributed by atoms with E-state index in [-0.39, 0.29) is 29.7 Å². The van der Waals surface area contributed by atoms with Crippen LogP contribution in [0.1, 0.15) is 39.0 Å². The SMILES string of the molecule is CCc1ccccc1NC(=O)c1cccc(C(=O)NCCc2ccccc2F)n1. The van der Waals surface area contributed by atoms with Crippen LogP contribution < -0.4 is 10.6 Å². The number of nitrogens with zero attached hydrogens (tertiary/aromatic N) is 1. The molecule has 0 fully saturated rings. The number of hydrogen-bond donors (Lipinski definition) is 2. The molecule has 1 heterocycles. The maximum atomic E-state index is 13.6. The summed E-state index contributed by atoms with van der Waals surface area (Å²) in [7, 11) is 0. The van der Waals surface area contributed by atoms with E-state index in [4.69, 9.17) is 0 Å². The van der Waals surface area contributed by atoms with Crippen molar-refractivity contribution in [2.75, 3.05) is 11.9 Å². The van der Waals surface area contributed by atoms with E-state index in [0.29, 0.717) is 12.0 Å². The fourth-order valence-corrected chi connectivity index (χ4v) is 2.93. The highest BCUT2D eigenvalue weighted by Gasteiger charge is 2.13. The molecule has 0 spiro atoms. The minimum absolute atomic E-state index is 0.134. The summed E-state index contributed by atoms with van der Waals surface area (Å²) in [6.07, 6.45) is 1.15. The number of benzene rings is 2. The predicted molar refractivity (Wildman–Crippen MR) is 110 cm³/mol. The number of hydrogen-bond acceptors (Lipinski definition) is 3. The van der Waals surface area contributed by atoms with E-state index in [1.165, 1.54) is 12.1 Å². The van der Waals surface area contributed by atoms with Crippen LogP contribution in [0.2, 0.25) is 0 Å². The lowest BCUT2D eigenvalue weighted by molar-refractivity contribution is 0.0949. The van der Waals surface area contributed by atoms with Crippen LogP contribution in [0.15, 0.2) is 66.7 Å². The number of carbonyl (C=O) groups is 2. The summed E-state index contributed by atoms with van der Waals surface area (Å²) >= 11 is 0. The molecule has 0 unspecified atom stereocenters. The number of rotatable bonds is 7. The summed E-state index contributed by atoms with van der Waals surface area (Å²) in [5.41, 5.74) is 2.56. The van der Waals surface area contributed by atoms with Crippen LogP contribution in [-0.2, 0) is 12.8 Å². The van der Waals surface area contributed by atoms with E-state index in [1.807, 2.05) is 31.2 Å². The monoisotopic (exact) mass is 391 g/mol. The molecular formula is C23H22FN3O2. The van der Waals surface area contributed by atoms with E-state index in [9.17, 15) is 14.0 Å². The maximum Gasteiger partial charge on any atom is 0.274 e. The third-order valence-corrected chi connectivity index (χ3v) is 4.50. The van der Waals surface area contributed by atoms with Gasteiger partial charge in [0.05, 0.1) is 0 Å². The van der Waals surface area contributed by atoms with Crippen molar-refractivity contribution in [1.29, 1.82) is 0 Å². The van der Waals surface area contributed by atoms with Crippen molar-refractivity contribution in [3.63, 3.8) is 0 Å². The smallest absolute Gasteiger partial charge is 0.274 e. The minimum atomic E-state index is -0.412. The van der Waals surface area contributed by atoms with Crippen LogP contribution in [-0.4, -0.2) is 23.3 Å². The van der Waals surface area contributed by atoms with Gasteiger partial charge in [0.2, 0.25) is 0 Å². The van der Waals surface area contributed by atoms with Crippen molar-refractivity contribution >= 4 is 17.5 Å². The third-order valence-electron chi connectivity index (χ3n) is 4.50. The van der Waals surface area contributed by atoms with Crippen LogP contribution in [0.25, 0.3) is 0 Å². The second kappa shape index (κ2) is 9.59. The third kappa shape index (κ3) is 5.25. The van der Waals surface area contributed by atoms with Gasteiger partial charge in [0.1, 0.15) is 17.2 Å². The lowest BCUT2D eigenvalue weighted by Gasteiger charge is -2.10. The van der Waals surface area contributed by atoms with Crippen molar-refractivity contribution in [2.24, 2.45) is 0 Å². The van der Waals surface area contributed by atoms with Crippen LogP contribution in [0.5, 0.6) is 0 Å². The average molecular weight is 391 g/mol. The summed E-state index contributed by atoms with van der Waals surface area (Å²) in [6.45, 7) is 2.28. The molecule has 0 bridgehead atoms. The zero-order valence-electron chi connectivity index (χ0n) is 16.1. The van der Waals surface area contributed by atoms with E-state index in [0.717, 1.165) is 17.7 Å². The Kier molecular flexibility index (Phi) is 6.68. The highest BCUT2D eigenvalue weighted by atomic mass is 19.1. The van der Waals surface area contributed by atoms with Crippen molar-refractivity contribution in [3.8, 4) is 0 Å². The Labute approximate surface area is 169 Å². The maximum absolute atomic E-state index is 13.6. The molecule has 2 aromatic carbocycles. The molecule has 29 heavy (non-hydrogen) atoms. The quantitative estimate of drug-likeness (QED) is 0.639. The number of pyridine rings is 1. The number of aryl methyl sites for hydroxylation is 1. The van der Waals surface area contributed by atoms with Gasteiger partial charge in [-0.15, -0.1) is 0 Å². The number of carbonyl (C=O) groups excluding carboxylic acids is 2. The van der Waals surface area contributed by atoms with E-state index < -0.39 is 5.91 Å². The molecule has 0 aliphatic rings. The average Bonchev–Trinajstić information content (AvgIpc) is 2.75. The van der Waals surface area contributed by atoms with Gasteiger partial charge in [-0.3, -0.25) is 9.59 Å². The Morgan fingerprint density at radius 2 is 1.52 bits per heavy atom. The Bertz CT molecular complexity index is 1020. The van der Waals surface area contributed by atoms with E-state index >= 15 is 0 Å². The highest BCUT2D eigenvalue weighted by molar-refractivity contribution is 6.04. The Balaban J connectivity index is 1.63. The summed E-state index contributed by atoms with van der Waals surface area (Å²) in [6, 6.07) is 18.7. The molecule has 0 saturated carbocycles. The second-order valence-corrected chi connectivity index (χ2v) is 6.47. The molecule has 1 aromatic heterocycles. The van der Waals surface area contributed by atoms with Gasteiger partial charge >= 0.3 is 0 Å². The molecule has 0 atom stereocenters. The number of anilines is 1. The van der Waals surface area contributed by atoms with Gasteiger partial charge in [0, 0.05) is 12.2 Å². The van der Waals surface area contributed by atoms with Crippen LogP contribution >= 0.6 is 0 Å². The largest absolute Gasteiger partial charge is 0.350 e. The van der Waals surface area contributed by atoms with Crippen molar-refractivity contribution in [3.05, 3.63) is 95.1 Å². The van der Waals surface area contributed by atoms with Gasteiger partial charge in [-0.05, 0) is 48.2 Å². The topological polar surface area (TPSA) is 71.1 Å². The first-order valence-corrected chi connectivity index (χ1v) is 9.46.